The van der Waals surface area contributed by atoms with Crippen molar-refractivity contribution in [3.8, 4) is 0 Å². The molecular formula is C22H31F2N3O3S. The Morgan fingerprint density at radius 2 is 1.81 bits per heavy atom. The summed E-state index contributed by atoms with van der Waals surface area (Å²) in [4.78, 5) is 2.41. The first-order chi connectivity index (χ1) is 14.8. The molecule has 0 aromatic heterocycles. The van der Waals surface area contributed by atoms with Crippen LogP contribution in [0.3, 0.4) is 0 Å². The van der Waals surface area contributed by atoms with Gasteiger partial charge in [-0.3, -0.25) is 4.90 Å². The number of hydrogen-bond donors (Lipinski definition) is 1. The Bertz CT molecular complexity index is 932. The van der Waals surface area contributed by atoms with Gasteiger partial charge in [-0.05, 0) is 68.7 Å². The largest absolute Gasteiger partial charge is 0.370 e. The van der Waals surface area contributed by atoms with Crippen molar-refractivity contribution in [1.29, 1.82) is 0 Å². The van der Waals surface area contributed by atoms with Gasteiger partial charge in [0, 0.05) is 37.3 Å². The van der Waals surface area contributed by atoms with E-state index < -0.39 is 33.8 Å². The topological polar surface area (TPSA) is 75.9 Å². The first kappa shape index (κ1) is 21.7. The highest BCUT2D eigenvalue weighted by atomic mass is 32.2. The van der Waals surface area contributed by atoms with Crippen molar-refractivity contribution in [3.63, 3.8) is 0 Å². The van der Waals surface area contributed by atoms with Crippen LogP contribution in [0, 0.1) is 17.0 Å². The summed E-state index contributed by atoms with van der Waals surface area (Å²) in [6.07, 6.45) is 4.48. The molecule has 3 heterocycles. The highest BCUT2D eigenvalue weighted by molar-refractivity contribution is 7.90. The number of piperidine rings is 1. The fourth-order valence-corrected chi connectivity index (χ4v) is 7.48. The minimum Gasteiger partial charge on any atom is -0.370 e. The van der Waals surface area contributed by atoms with Crippen LogP contribution in [0.1, 0.15) is 50.2 Å². The van der Waals surface area contributed by atoms with Crippen molar-refractivity contribution in [2.24, 2.45) is 11.1 Å². The molecule has 2 N–H and O–H groups in total. The molecule has 5 rings (SSSR count). The molecule has 4 aliphatic rings. The summed E-state index contributed by atoms with van der Waals surface area (Å²) in [5.74, 6) is -0.987. The van der Waals surface area contributed by atoms with Crippen LogP contribution in [0.4, 0.5) is 8.78 Å². The number of rotatable bonds is 4. The minimum atomic E-state index is -3.09. The van der Waals surface area contributed by atoms with E-state index in [4.69, 9.17) is 10.5 Å². The van der Waals surface area contributed by atoms with E-state index >= 15 is 0 Å². The Balaban J connectivity index is 1.18. The predicted octanol–water partition coefficient (Wildman–Crippen LogP) is 2.40. The summed E-state index contributed by atoms with van der Waals surface area (Å²) in [5.41, 5.74) is 6.69. The highest BCUT2D eigenvalue weighted by Crippen LogP contribution is 2.44. The standard InChI is InChI=1S/C22H31F2N3O3S/c23-15-1-4-19(24)18(11-15)21-20(25)12-16(13-30-21)26-8-5-22(14-26)6-9-27(10-7-22)31(28,29)17-2-3-17/h1,4,11,16-17,20-21H,2-3,5-10,12-14,25H2/t16-,20+,21-/m1/s1. The van der Waals surface area contributed by atoms with Gasteiger partial charge in [-0.1, -0.05) is 0 Å². The van der Waals surface area contributed by atoms with Gasteiger partial charge in [0.2, 0.25) is 10.0 Å². The third-order valence-electron chi connectivity index (χ3n) is 7.74. The maximum absolute atomic E-state index is 14.2. The number of ether oxygens (including phenoxy) is 1. The molecule has 3 atom stereocenters. The SMILES string of the molecule is N[C@H]1C[C@@H](N2CCC3(CCN(S(=O)(=O)C4CC4)CC3)C2)CO[C@@H]1c1cc(F)ccc1F. The third-order valence-corrected chi connectivity index (χ3v) is 10.1. The lowest BCUT2D eigenvalue weighted by atomic mass is 9.78. The zero-order chi connectivity index (χ0) is 21.8. The van der Waals surface area contributed by atoms with Gasteiger partial charge in [0.1, 0.15) is 17.7 Å². The maximum atomic E-state index is 14.2. The van der Waals surface area contributed by atoms with Crippen LogP contribution in [-0.2, 0) is 14.8 Å². The van der Waals surface area contributed by atoms with E-state index in [1.807, 2.05) is 0 Å². The summed E-state index contributed by atoms with van der Waals surface area (Å²) in [5, 5.41) is -0.140. The molecule has 172 valence electrons. The summed E-state index contributed by atoms with van der Waals surface area (Å²) >= 11 is 0. The lowest BCUT2D eigenvalue weighted by molar-refractivity contribution is -0.0497. The van der Waals surface area contributed by atoms with E-state index in [-0.39, 0.29) is 22.3 Å². The molecule has 1 aromatic rings. The lowest BCUT2D eigenvalue weighted by Gasteiger charge is -2.41. The number of benzene rings is 1. The van der Waals surface area contributed by atoms with Gasteiger partial charge in [-0.25, -0.2) is 21.5 Å². The van der Waals surface area contributed by atoms with Crippen LogP contribution >= 0.6 is 0 Å². The number of likely N-dealkylation sites (tertiary alicyclic amines) is 1. The summed E-state index contributed by atoms with van der Waals surface area (Å²) in [6, 6.07) is 3.13. The molecular weight excluding hydrogens is 424 g/mol. The van der Waals surface area contributed by atoms with Crippen LogP contribution in [0.5, 0.6) is 0 Å². The average molecular weight is 456 g/mol. The zero-order valence-electron chi connectivity index (χ0n) is 17.7. The molecule has 1 spiro atoms. The number of nitrogens with two attached hydrogens (primary N) is 1. The van der Waals surface area contributed by atoms with Crippen LogP contribution in [-0.4, -0.2) is 67.7 Å². The summed E-state index contributed by atoms with van der Waals surface area (Å²) in [6.45, 7) is 3.54. The average Bonchev–Trinajstić information content (AvgIpc) is 3.54. The van der Waals surface area contributed by atoms with E-state index in [0.717, 1.165) is 57.3 Å². The van der Waals surface area contributed by atoms with Gasteiger partial charge in [-0.15, -0.1) is 0 Å². The molecule has 1 aromatic carbocycles. The van der Waals surface area contributed by atoms with Gasteiger partial charge in [0.05, 0.1) is 11.9 Å². The molecule has 9 heteroatoms. The molecule has 3 saturated heterocycles. The van der Waals surface area contributed by atoms with Gasteiger partial charge in [0.25, 0.3) is 0 Å². The molecule has 4 fully saturated rings. The molecule has 31 heavy (non-hydrogen) atoms. The van der Waals surface area contributed by atoms with Crippen LogP contribution in [0.15, 0.2) is 18.2 Å². The first-order valence-corrected chi connectivity index (χ1v) is 12.8. The summed E-state index contributed by atoms with van der Waals surface area (Å²) in [7, 11) is -3.09. The van der Waals surface area contributed by atoms with Crippen LogP contribution in [0.25, 0.3) is 0 Å². The van der Waals surface area contributed by atoms with Crippen molar-refractivity contribution in [2.45, 2.75) is 62.0 Å². The Labute approximate surface area is 182 Å². The van der Waals surface area contributed by atoms with E-state index in [1.165, 1.54) is 6.07 Å². The molecule has 0 amide bonds. The van der Waals surface area contributed by atoms with Crippen molar-refractivity contribution in [3.05, 3.63) is 35.4 Å². The van der Waals surface area contributed by atoms with E-state index in [0.29, 0.717) is 26.1 Å². The second-order valence-corrected chi connectivity index (χ2v) is 12.0. The minimum absolute atomic E-state index is 0.140. The zero-order valence-corrected chi connectivity index (χ0v) is 18.5. The second kappa shape index (κ2) is 8.02. The van der Waals surface area contributed by atoms with Crippen molar-refractivity contribution in [1.82, 2.24) is 9.21 Å². The quantitative estimate of drug-likeness (QED) is 0.755. The Hall–Kier alpha value is -1.13. The van der Waals surface area contributed by atoms with E-state index in [9.17, 15) is 17.2 Å². The second-order valence-electron chi connectivity index (χ2n) is 9.84. The molecule has 0 unspecified atom stereocenters. The fourth-order valence-electron chi connectivity index (χ4n) is 5.63. The predicted molar refractivity (Wildman–Crippen MR) is 113 cm³/mol. The number of sulfonamides is 1. The highest BCUT2D eigenvalue weighted by Gasteiger charge is 2.48. The van der Waals surface area contributed by atoms with Gasteiger partial charge in [0.15, 0.2) is 0 Å². The number of hydrogen-bond acceptors (Lipinski definition) is 5. The molecule has 0 radical (unpaired) electrons. The Morgan fingerprint density at radius 1 is 1.10 bits per heavy atom. The molecule has 1 saturated carbocycles. The number of halogens is 2. The monoisotopic (exact) mass is 455 g/mol. The smallest absolute Gasteiger partial charge is 0.216 e. The van der Waals surface area contributed by atoms with E-state index in [2.05, 4.69) is 4.90 Å². The van der Waals surface area contributed by atoms with Crippen molar-refractivity contribution >= 4 is 10.0 Å². The third kappa shape index (κ3) is 4.15. The summed E-state index contributed by atoms with van der Waals surface area (Å²) < 4.78 is 60.5. The van der Waals surface area contributed by atoms with Gasteiger partial charge < -0.3 is 10.5 Å². The normalized spacial score (nSPS) is 32.5. The van der Waals surface area contributed by atoms with Crippen molar-refractivity contribution < 1.29 is 21.9 Å². The lowest BCUT2D eigenvalue weighted by Crippen LogP contribution is -2.50. The van der Waals surface area contributed by atoms with Gasteiger partial charge >= 0.3 is 0 Å². The first-order valence-electron chi connectivity index (χ1n) is 11.3. The Kier molecular flexibility index (Phi) is 5.62. The fraction of sp³-hybridized carbons (Fsp3) is 0.727. The maximum Gasteiger partial charge on any atom is 0.216 e. The Morgan fingerprint density at radius 3 is 2.48 bits per heavy atom. The van der Waals surface area contributed by atoms with Crippen molar-refractivity contribution in [2.75, 3.05) is 32.8 Å². The van der Waals surface area contributed by atoms with Crippen LogP contribution < -0.4 is 5.73 Å². The van der Waals surface area contributed by atoms with E-state index in [1.54, 1.807) is 4.31 Å². The molecule has 3 aliphatic heterocycles. The van der Waals surface area contributed by atoms with Gasteiger partial charge in [-0.2, -0.15) is 0 Å². The van der Waals surface area contributed by atoms with Crippen LogP contribution in [0.2, 0.25) is 0 Å². The number of nitrogens with zero attached hydrogens (tertiary/aromatic N) is 2. The molecule has 1 aliphatic carbocycles. The molecule has 6 nitrogen and oxygen atoms in total. The molecule has 0 bridgehead atoms.